The molecule has 3 nitrogen and oxygen atoms in total. The van der Waals surface area contributed by atoms with Crippen molar-refractivity contribution in [3.63, 3.8) is 0 Å². The maximum absolute atomic E-state index is 12.9. The fourth-order valence-corrected chi connectivity index (χ4v) is 3.59. The van der Waals surface area contributed by atoms with Gasteiger partial charge in [0.2, 0.25) is 0 Å². The molecule has 0 aromatic heterocycles. The third kappa shape index (κ3) is 2.53. The van der Waals surface area contributed by atoms with Gasteiger partial charge in [0.15, 0.2) is 5.60 Å². The summed E-state index contributed by atoms with van der Waals surface area (Å²) in [6.07, 6.45) is 0. The molecule has 124 valence electrons. The molecule has 3 aromatic carbocycles. The monoisotopic (exact) mass is 329 g/mol. The smallest absolute Gasteiger partial charge is 0.262 e. The molecule has 1 heterocycles. The molecule has 25 heavy (non-hydrogen) atoms. The molecule has 4 rings (SSSR count). The second kappa shape index (κ2) is 6.19. The molecule has 1 aliphatic heterocycles. The average Bonchev–Trinajstić information content (AvgIpc) is 2.69. The van der Waals surface area contributed by atoms with Gasteiger partial charge in [0, 0.05) is 6.54 Å². The van der Waals surface area contributed by atoms with Crippen molar-refractivity contribution < 1.29 is 9.90 Å². The highest BCUT2D eigenvalue weighted by Crippen LogP contribution is 2.50. The Morgan fingerprint density at radius 3 is 1.92 bits per heavy atom. The van der Waals surface area contributed by atoms with E-state index < -0.39 is 11.6 Å². The molecule has 1 saturated heterocycles. The number of amides is 1. The lowest BCUT2D eigenvalue weighted by Gasteiger charge is -2.53. The zero-order valence-electron chi connectivity index (χ0n) is 13.7. The first-order valence-corrected chi connectivity index (χ1v) is 8.39. The number of carbonyl (C=O) groups is 1. The molecule has 2 atom stereocenters. The number of β-lactam (4-membered cyclic amide) rings is 1. The van der Waals surface area contributed by atoms with Crippen LogP contribution in [0.4, 0.5) is 0 Å². The lowest BCUT2D eigenvalue weighted by Crippen LogP contribution is -2.65. The van der Waals surface area contributed by atoms with E-state index in [0.29, 0.717) is 12.1 Å². The van der Waals surface area contributed by atoms with Crippen LogP contribution >= 0.6 is 0 Å². The van der Waals surface area contributed by atoms with Gasteiger partial charge in [-0.1, -0.05) is 91.0 Å². The largest absolute Gasteiger partial charge is 0.373 e. The highest BCUT2D eigenvalue weighted by molar-refractivity contribution is 5.94. The number of hydrogen-bond donors (Lipinski definition) is 1. The van der Waals surface area contributed by atoms with Gasteiger partial charge in [0.25, 0.3) is 5.91 Å². The zero-order valence-corrected chi connectivity index (χ0v) is 13.7. The molecule has 1 fully saturated rings. The van der Waals surface area contributed by atoms with Crippen LogP contribution in [0.5, 0.6) is 0 Å². The van der Waals surface area contributed by atoms with Gasteiger partial charge >= 0.3 is 0 Å². The Morgan fingerprint density at radius 1 is 0.800 bits per heavy atom. The topological polar surface area (TPSA) is 40.5 Å². The quantitative estimate of drug-likeness (QED) is 0.742. The van der Waals surface area contributed by atoms with Crippen LogP contribution in [0.2, 0.25) is 0 Å². The molecule has 3 aromatic rings. The maximum atomic E-state index is 12.9. The Labute approximate surface area is 147 Å². The van der Waals surface area contributed by atoms with Crippen molar-refractivity contribution in [2.45, 2.75) is 18.2 Å². The first-order chi connectivity index (χ1) is 12.2. The minimum absolute atomic E-state index is 0.253. The van der Waals surface area contributed by atoms with Crippen LogP contribution in [-0.4, -0.2) is 15.9 Å². The Balaban J connectivity index is 1.75. The van der Waals surface area contributed by atoms with Crippen molar-refractivity contribution in [1.82, 2.24) is 4.90 Å². The number of rotatable bonds is 4. The number of aliphatic hydroxyl groups is 1. The third-order valence-electron chi connectivity index (χ3n) is 4.82. The Kier molecular flexibility index (Phi) is 3.86. The van der Waals surface area contributed by atoms with Crippen LogP contribution in [-0.2, 0) is 16.9 Å². The number of nitrogens with zero attached hydrogens (tertiary/aromatic N) is 1. The molecule has 0 unspecified atom stereocenters. The van der Waals surface area contributed by atoms with Gasteiger partial charge in [-0.2, -0.15) is 0 Å². The van der Waals surface area contributed by atoms with Crippen molar-refractivity contribution >= 4 is 5.91 Å². The summed E-state index contributed by atoms with van der Waals surface area (Å²) in [4.78, 5) is 14.7. The summed E-state index contributed by atoms with van der Waals surface area (Å²) in [5.41, 5.74) is 1.10. The van der Waals surface area contributed by atoms with Crippen molar-refractivity contribution in [1.29, 1.82) is 0 Å². The lowest BCUT2D eigenvalue weighted by molar-refractivity contribution is -0.198. The minimum Gasteiger partial charge on any atom is -0.373 e. The van der Waals surface area contributed by atoms with Gasteiger partial charge in [-0.3, -0.25) is 4.79 Å². The van der Waals surface area contributed by atoms with Gasteiger partial charge < -0.3 is 10.0 Å². The number of likely N-dealkylation sites (tertiary alicyclic amines) is 1. The van der Waals surface area contributed by atoms with Gasteiger partial charge in [0.1, 0.15) is 0 Å². The predicted octanol–water partition coefficient (Wildman–Crippen LogP) is 3.66. The fraction of sp³-hybridized carbons (Fsp3) is 0.136. The molecule has 0 aliphatic carbocycles. The van der Waals surface area contributed by atoms with E-state index in [2.05, 4.69) is 0 Å². The van der Waals surface area contributed by atoms with Crippen molar-refractivity contribution in [2.75, 3.05) is 0 Å². The SMILES string of the molecule is O=C1N(Cc2ccccc2)[C@H](c2ccccc2)[C@]1(O)c1ccccc1. The van der Waals surface area contributed by atoms with Crippen molar-refractivity contribution in [3.05, 3.63) is 108 Å². The third-order valence-corrected chi connectivity index (χ3v) is 4.82. The lowest BCUT2D eigenvalue weighted by atomic mass is 9.73. The van der Waals surface area contributed by atoms with E-state index in [1.807, 2.05) is 91.0 Å². The van der Waals surface area contributed by atoms with Crippen LogP contribution in [0.25, 0.3) is 0 Å². The van der Waals surface area contributed by atoms with Crippen LogP contribution in [0.3, 0.4) is 0 Å². The van der Waals surface area contributed by atoms with Crippen molar-refractivity contribution in [2.24, 2.45) is 0 Å². The van der Waals surface area contributed by atoms with Gasteiger partial charge in [0.05, 0.1) is 6.04 Å². The molecule has 1 amide bonds. The van der Waals surface area contributed by atoms with Crippen LogP contribution < -0.4 is 0 Å². The van der Waals surface area contributed by atoms with E-state index in [9.17, 15) is 9.90 Å². The number of benzene rings is 3. The summed E-state index contributed by atoms with van der Waals surface area (Å²) in [7, 11) is 0. The Morgan fingerprint density at radius 2 is 1.32 bits per heavy atom. The highest BCUT2D eigenvalue weighted by atomic mass is 16.3. The van der Waals surface area contributed by atoms with Gasteiger partial charge in [-0.25, -0.2) is 0 Å². The van der Waals surface area contributed by atoms with Crippen LogP contribution in [0.1, 0.15) is 22.7 Å². The molecule has 0 saturated carbocycles. The summed E-state index contributed by atoms with van der Waals surface area (Å²) < 4.78 is 0. The zero-order chi connectivity index (χ0) is 17.3. The van der Waals surface area contributed by atoms with E-state index in [1.54, 1.807) is 4.90 Å². The highest BCUT2D eigenvalue weighted by Gasteiger charge is 2.61. The summed E-state index contributed by atoms with van der Waals surface area (Å²) in [6, 6.07) is 28.4. The first kappa shape index (κ1) is 15.6. The molecular formula is C22H19NO2. The van der Waals surface area contributed by atoms with Crippen LogP contribution in [0, 0.1) is 0 Å². The van der Waals surface area contributed by atoms with E-state index >= 15 is 0 Å². The molecule has 0 radical (unpaired) electrons. The average molecular weight is 329 g/mol. The van der Waals surface area contributed by atoms with E-state index in [1.165, 1.54) is 0 Å². The molecule has 1 N–H and O–H groups in total. The second-order valence-electron chi connectivity index (χ2n) is 6.36. The van der Waals surface area contributed by atoms with E-state index in [-0.39, 0.29) is 5.91 Å². The van der Waals surface area contributed by atoms with E-state index in [4.69, 9.17) is 0 Å². The second-order valence-corrected chi connectivity index (χ2v) is 6.36. The number of carbonyl (C=O) groups excluding carboxylic acids is 1. The van der Waals surface area contributed by atoms with E-state index in [0.717, 1.165) is 11.1 Å². The molecule has 1 aliphatic rings. The van der Waals surface area contributed by atoms with Gasteiger partial charge in [-0.05, 0) is 16.7 Å². The molecule has 0 bridgehead atoms. The Hall–Kier alpha value is -2.91. The maximum Gasteiger partial charge on any atom is 0.262 e. The summed E-state index contributed by atoms with van der Waals surface area (Å²) >= 11 is 0. The van der Waals surface area contributed by atoms with Gasteiger partial charge in [-0.15, -0.1) is 0 Å². The van der Waals surface area contributed by atoms with Crippen LogP contribution in [0.15, 0.2) is 91.0 Å². The minimum atomic E-state index is -1.52. The summed E-state index contributed by atoms with van der Waals surface area (Å²) in [5.74, 6) is -0.253. The molecule has 0 spiro atoms. The summed E-state index contributed by atoms with van der Waals surface area (Å²) in [5, 5.41) is 11.3. The number of hydrogen-bond acceptors (Lipinski definition) is 2. The Bertz CT molecular complexity index is 864. The summed E-state index contributed by atoms with van der Waals surface area (Å²) in [6.45, 7) is 0.481. The first-order valence-electron chi connectivity index (χ1n) is 8.39. The normalized spacial score (nSPS) is 22.5. The predicted molar refractivity (Wildman–Crippen MR) is 96.5 cm³/mol. The standard InChI is InChI=1S/C22H19NO2/c24-21-22(25,19-14-8-3-9-15-19)20(18-12-6-2-7-13-18)23(21)16-17-10-4-1-5-11-17/h1-15,20,25H,16H2/t20-,22-/m1/s1. The molecular weight excluding hydrogens is 310 g/mol. The van der Waals surface area contributed by atoms with Crippen molar-refractivity contribution in [3.8, 4) is 0 Å². The molecule has 3 heteroatoms. The fourth-order valence-electron chi connectivity index (χ4n) is 3.59.